The molecule has 0 atom stereocenters. The van der Waals surface area contributed by atoms with Gasteiger partial charge in [0.05, 0.1) is 6.54 Å². The van der Waals surface area contributed by atoms with E-state index in [4.69, 9.17) is 5.11 Å². The monoisotopic (exact) mass is 268 g/mol. The number of likely N-dealkylation sites (N-methyl/N-ethyl adjacent to an activating group) is 1. The summed E-state index contributed by atoms with van der Waals surface area (Å²) in [7, 11) is 4.93. The number of hydrogen-bond acceptors (Lipinski definition) is 3. The summed E-state index contributed by atoms with van der Waals surface area (Å²) >= 11 is 0. The summed E-state index contributed by atoms with van der Waals surface area (Å²) in [6.07, 6.45) is 3.44. The Morgan fingerprint density at radius 3 is 2.42 bits per heavy atom. The second-order valence-corrected chi connectivity index (χ2v) is 5.02. The Kier molecular flexibility index (Phi) is 4.18. The van der Waals surface area contributed by atoms with Crippen molar-refractivity contribution in [1.82, 2.24) is 19.4 Å². The standard InChI is InChI=1S/C12H20N4O3/c1-12(2,10(17)18)16(5)11(19)15(4)8-9-13-6-7-14(9)3/h6-7H,8H2,1-5H3,(H,17,18). The maximum absolute atomic E-state index is 12.2. The van der Waals surface area contributed by atoms with Gasteiger partial charge in [-0.3, -0.25) is 0 Å². The Morgan fingerprint density at radius 2 is 2.00 bits per heavy atom. The highest BCUT2D eigenvalue weighted by Gasteiger charge is 2.36. The molecule has 0 fully saturated rings. The zero-order chi connectivity index (χ0) is 14.8. The van der Waals surface area contributed by atoms with Gasteiger partial charge in [0.1, 0.15) is 11.4 Å². The van der Waals surface area contributed by atoms with Gasteiger partial charge in [-0.2, -0.15) is 0 Å². The Hall–Kier alpha value is -2.05. The maximum Gasteiger partial charge on any atom is 0.329 e. The van der Waals surface area contributed by atoms with Crippen LogP contribution in [0.5, 0.6) is 0 Å². The van der Waals surface area contributed by atoms with Gasteiger partial charge in [-0.25, -0.2) is 14.6 Å². The fourth-order valence-electron chi connectivity index (χ4n) is 1.47. The van der Waals surface area contributed by atoms with Crippen molar-refractivity contribution in [3.8, 4) is 0 Å². The lowest BCUT2D eigenvalue weighted by Gasteiger charge is -2.34. The van der Waals surface area contributed by atoms with Gasteiger partial charge in [0, 0.05) is 33.5 Å². The summed E-state index contributed by atoms with van der Waals surface area (Å²) in [5.74, 6) is -0.314. The number of carbonyl (C=O) groups excluding carboxylic acids is 1. The number of amides is 2. The van der Waals surface area contributed by atoms with E-state index in [1.54, 1.807) is 19.4 Å². The molecule has 106 valence electrons. The van der Waals surface area contributed by atoms with Gasteiger partial charge in [-0.15, -0.1) is 0 Å². The van der Waals surface area contributed by atoms with Crippen LogP contribution in [0.1, 0.15) is 19.7 Å². The van der Waals surface area contributed by atoms with E-state index in [1.165, 1.54) is 30.7 Å². The minimum absolute atomic E-state index is 0.322. The highest BCUT2D eigenvalue weighted by atomic mass is 16.4. The molecule has 0 aliphatic rings. The molecule has 1 aromatic rings. The first kappa shape index (κ1) is 15.0. The van der Waals surface area contributed by atoms with Gasteiger partial charge >= 0.3 is 12.0 Å². The number of carboxylic acid groups (broad SMARTS) is 1. The minimum atomic E-state index is -1.26. The second kappa shape index (κ2) is 5.29. The van der Waals surface area contributed by atoms with Crippen molar-refractivity contribution in [2.45, 2.75) is 25.9 Å². The molecule has 0 bridgehead atoms. The van der Waals surface area contributed by atoms with Gasteiger partial charge in [-0.1, -0.05) is 0 Å². The molecule has 19 heavy (non-hydrogen) atoms. The molecule has 0 radical (unpaired) electrons. The lowest BCUT2D eigenvalue weighted by molar-refractivity contribution is -0.147. The van der Waals surface area contributed by atoms with Crippen LogP contribution in [0.15, 0.2) is 12.4 Å². The second-order valence-electron chi connectivity index (χ2n) is 5.02. The number of aromatic nitrogens is 2. The highest BCUT2D eigenvalue weighted by Crippen LogP contribution is 2.15. The molecule has 2 amide bonds. The smallest absolute Gasteiger partial charge is 0.329 e. The Labute approximate surface area is 112 Å². The number of urea groups is 1. The number of carbonyl (C=O) groups is 2. The summed E-state index contributed by atoms with van der Waals surface area (Å²) in [5.41, 5.74) is -1.26. The number of carboxylic acids is 1. The predicted molar refractivity (Wildman–Crippen MR) is 69.5 cm³/mol. The Morgan fingerprint density at radius 1 is 1.42 bits per heavy atom. The van der Waals surface area contributed by atoms with Crippen LogP contribution < -0.4 is 0 Å². The highest BCUT2D eigenvalue weighted by molar-refractivity contribution is 5.85. The summed E-state index contributed by atoms with van der Waals surface area (Å²) < 4.78 is 1.81. The third-order valence-electron chi connectivity index (χ3n) is 3.27. The van der Waals surface area contributed by atoms with Crippen molar-refractivity contribution in [3.05, 3.63) is 18.2 Å². The molecular formula is C12H20N4O3. The molecule has 1 N–H and O–H groups in total. The molecule has 1 rings (SSSR count). The molecule has 7 heteroatoms. The molecule has 0 saturated heterocycles. The van der Waals surface area contributed by atoms with E-state index in [1.807, 2.05) is 11.6 Å². The van der Waals surface area contributed by atoms with Crippen molar-refractivity contribution < 1.29 is 14.7 Å². The predicted octanol–water partition coefficient (Wildman–Crippen LogP) is 0.767. The number of rotatable bonds is 4. The van der Waals surface area contributed by atoms with E-state index in [9.17, 15) is 9.59 Å². The van der Waals surface area contributed by atoms with Crippen LogP contribution in [-0.4, -0.2) is 56.1 Å². The molecule has 0 aromatic carbocycles. The van der Waals surface area contributed by atoms with Crippen molar-refractivity contribution in [3.63, 3.8) is 0 Å². The van der Waals surface area contributed by atoms with E-state index in [2.05, 4.69) is 4.98 Å². The zero-order valence-corrected chi connectivity index (χ0v) is 11.9. The molecule has 7 nitrogen and oxygen atoms in total. The zero-order valence-electron chi connectivity index (χ0n) is 11.9. The topological polar surface area (TPSA) is 78.7 Å². The number of aryl methyl sites for hydroxylation is 1. The summed E-state index contributed by atoms with van der Waals surface area (Å²) in [4.78, 5) is 30.1. The third-order valence-corrected chi connectivity index (χ3v) is 3.27. The Balaban J connectivity index is 2.78. The van der Waals surface area contributed by atoms with Crippen LogP contribution in [0, 0.1) is 0 Å². The number of hydrogen-bond donors (Lipinski definition) is 1. The first-order valence-electron chi connectivity index (χ1n) is 5.86. The molecular weight excluding hydrogens is 248 g/mol. The van der Waals surface area contributed by atoms with Gasteiger partial charge < -0.3 is 19.5 Å². The first-order chi connectivity index (χ1) is 8.67. The average molecular weight is 268 g/mol. The van der Waals surface area contributed by atoms with Crippen LogP contribution in [0.4, 0.5) is 4.79 Å². The minimum Gasteiger partial charge on any atom is -0.480 e. The first-order valence-corrected chi connectivity index (χ1v) is 5.86. The molecule has 0 saturated carbocycles. The number of imidazole rings is 1. The van der Waals surface area contributed by atoms with E-state index in [-0.39, 0.29) is 6.03 Å². The van der Waals surface area contributed by atoms with Crippen LogP contribution in [-0.2, 0) is 18.4 Å². The normalized spacial score (nSPS) is 11.2. The fraction of sp³-hybridized carbons (Fsp3) is 0.583. The van der Waals surface area contributed by atoms with Gasteiger partial charge in [0.2, 0.25) is 0 Å². The van der Waals surface area contributed by atoms with Gasteiger partial charge in [-0.05, 0) is 13.8 Å². The SMILES string of the molecule is CN(Cc1nccn1C)C(=O)N(C)C(C)(C)C(=O)O. The molecule has 1 aromatic heterocycles. The van der Waals surface area contributed by atoms with Gasteiger partial charge in [0.25, 0.3) is 0 Å². The third kappa shape index (κ3) is 3.04. The number of aliphatic carboxylic acids is 1. The quantitative estimate of drug-likeness (QED) is 0.874. The average Bonchev–Trinajstić information content (AvgIpc) is 2.72. The summed E-state index contributed by atoms with van der Waals surface area (Å²) in [5, 5.41) is 9.11. The van der Waals surface area contributed by atoms with E-state index < -0.39 is 11.5 Å². The van der Waals surface area contributed by atoms with Gasteiger partial charge in [0.15, 0.2) is 0 Å². The number of nitrogens with zero attached hydrogens (tertiary/aromatic N) is 4. The van der Waals surface area contributed by atoms with Crippen LogP contribution in [0.2, 0.25) is 0 Å². The molecule has 0 spiro atoms. The van der Waals surface area contributed by atoms with E-state index >= 15 is 0 Å². The van der Waals surface area contributed by atoms with Crippen molar-refractivity contribution in [1.29, 1.82) is 0 Å². The van der Waals surface area contributed by atoms with Crippen LogP contribution in [0.25, 0.3) is 0 Å². The van der Waals surface area contributed by atoms with Crippen molar-refractivity contribution >= 4 is 12.0 Å². The Bertz CT molecular complexity index is 481. The van der Waals surface area contributed by atoms with Crippen LogP contribution >= 0.6 is 0 Å². The van der Waals surface area contributed by atoms with Crippen molar-refractivity contribution in [2.75, 3.05) is 14.1 Å². The molecule has 0 aliphatic heterocycles. The fourth-order valence-corrected chi connectivity index (χ4v) is 1.47. The lowest BCUT2D eigenvalue weighted by atomic mass is 10.0. The van der Waals surface area contributed by atoms with E-state index in [0.29, 0.717) is 6.54 Å². The van der Waals surface area contributed by atoms with Crippen molar-refractivity contribution in [2.24, 2.45) is 7.05 Å². The molecule has 1 heterocycles. The van der Waals surface area contributed by atoms with E-state index in [0.717, 1.165) is 5.82 Å². The van der Waals surface area contributed by atoms with Crippen LogP contribution in [0.3, 0.4) is 0 Å². The molecule has 0 aliphatic carbocycles. The lowest BCUT2D eigenvalue weighted by Crippen LogP contribution is -2.54. The summed E-state index contributed by atoms with van der Waals surface area (Å²) in [6, 6.07) is -0.365. The largest absolute Gasteiger partial charge is 0.480 e. The molecule has 0 unspecified atom stereocenters. The maximum atomic E-state index is 12.2. The summed E-state index contributed by atoms with van der Waals surface area (Å²) in [6.45, 7) is 3.30.